The van der Waals surface area contributed by atoms with Gasteiger partial charge in [-0.05, 0) is 48.9 Å². The quantitative estimate of drug-likeness (QED) is 0.301. The lowest BCUT2D eigenvalue weighted by atomic mass is 9.95. The lowest BCUT2D eigenvalue weighted by Crippen LogP contribution is -2.29. The number of hydrogen-bond donors (Lipinski definition) is 5. The number of aliphatic hydroxyl groups is 3. The first kappa shape index (κ1) is 21.6. The predicted octanol–water partition coefficient (Wildman–Crippen LogP) is 2.01. The lowest BCUT2D eigenvalue weighted by Gasteiger charge is -2.19. The maximum atomic E-state index is 10.9. The number of fused-ring (bicyclic) bond motifs is 2. The van der Waals surface area contributed by atoms with Crippen LogP contribution >= 0.6 is 0 Å². The molecule has 0 spiro atoms. The summed E-state index contributed by atoms with van der Waals surface area (Å²) in [6, 6.07) is 9.86. The zero-order chi connectivity index (χ0) is 23.1. The van der Waals surface area contributed by atoms with E-state index in [1.807, 2.05) is 23.7 Å². The van der Waals surface area contributed by atoms with Gasteiger partial charge in [0.05, 0.1) is 29.7 Å². The van der Waals surface area contributed by atoms with Gasteiger partial charge in [-0.25, -0.2) is 15.0 Å². The highest BCUT2D eigenvalue weighted by molar-refractivity contribution is 5.89. The van der Waals surface area contributed by atoms with Gasteiger partial charge in [0, 0.05) is 24.2 Å². The third-order valence-electron chi connectivity index (χ3n) is 6.83. The van der Waals surface area contributed by atoms with E-state index in [2.05, 4.69) is 38.5 Å². The molecular formula is C24H28N6O3. The second-order valence-electron chi connectivity index (χ2n) is 8.73. The van der Waals surface area contributed by atoms with Gasteiger partial charge in [0.25, 0.3) is 0 Å². The number of aliphatic hydroxyl groups excluding tert-OH is 3. The molecule has 1 aromatic carbocycles. The van der Waals surface area contributed by atoms with Gasteiger partial charge in [0.1, 0.15) is 29.7 Å². The monoisotopic (exact) mass is 448 g/mol. The van der Waals surface area contributed by atoms with Crippen LogP contribution in [-0.4, -0.2) is 54.1 Å². The highest BCUT2D eigenvalue weighted by Crippen LogP contribution is 2.40. The summed E-state index contributed by atoms with van der Waals surface area (Å²) in [7, 11) is 1.85. The van der Waals surface area contributed by atoms with Gasteiger partial charge in [-0.3, -0.25) is 0 Å². The molecule has 4 aromatic rings. The fraction of sp³-hybridized carbons (Fsp3) is 0.375. The van der Waals surface area contributed by atoms with Gasteiger partial charge in [-0.1, -0.05) is 12.1 Å². The van der Waals surface area contributed by atoms with E-state index in [9.17, 15) is 15.3 Å². The van der Waals surface area contributed by atoms with Gasteiger partial charge >= 0.3 is 0 Å². The minimum Gasteiger partial charge on any atom is -0.392 e. The van der Waals surface area contributed by atoms with Gasteiger partial charge in [-0.2, -0.15) is 0 Å². The first-order chi connectivity index (χ1) is 16.0. The highest BCUT2D eigenvalue weighted by atomic mass is 16.3. The Balaban J connectivity index is 1.36. The number of pyridine rings is 1. The molecule has 0 saturated heterocycles. The van der Waals surface area contributed by atoms with Gasteiger partial charge < -0.3 is 30.9 Å². The molecule has 172 valence electrons. The molecule has 1 saturated carbocycles. The number of aromatic nitrogens is 4. The van der Waals surface area contributed by atoms with Crippen LogP contribution in [0.25, 0.3) is 21.9 Å². The number of nitrogens with zero attached hydrogens (tertiary/aromatic N) is 4. The average molecular weight is 449 g/mol. The van der Waals surface area contributed by atoms with Crippen molar-refractivity contribution in [3.05, 3.63) is 54.0 Å². The van der Waals surface area contributed by atoms with Crippen LogP contribution in [0, 0.1) is 5.92 Å². The van der Waals surface area contributed by atoms with Crippen molar-refractivity contribution in [1.82, 2.24) is 19.5 Å². The molecular weight excluding hydrogens is 420 g/mol. The van der Waals surface area contributed by atoms with E-state index in [0.717, 1.165) is 35.1 Å². The van der Waals surface area contributed by atoms with E-state index in [0.29, 0.717) is 28.8 Å². The van der Waals surface area contributed by atoms with Crippen LogP contribution in [0.15, 0.2) is 42.9 Å². The summed E-state index contributed by atoms with van der Waals surface area (Å²) >= 11 is 0. The van der Waals surface area contributed by atoms with Crippen molar-refractivity contribution in [2.45, 2.75) is 44.1 Å². The number of nitrogens with two attached hydrogens (primary N) is 1. The fourth-order valence-corrected chi connectivity index (χ4v) is 5.03. The Morgan fingerprint density at radius 3 is 2.76 bits per heavy atom. The summed E-state index contributed by atoms with van der Waals surface area (Å²) in [6.45, 7) is -0.207. The predicted molar refractivity (Wildman–Crippen MR) is 127 cm³/mol. The summed E-state index contributed by atoms with van der Waals surface area (Å²) in [6.07, 6.45) is 3.44. The zero-order valence-electron chi connectivity index (χ0n) is 18.4. The SMILES string of the molecule is CNc1ccc2ccc(CC[C@H]3C[C@@H](n4cc(CO)c5c(N)ncnc54)[C@H](O)[C@@H]3O)cc2n1. The third kappa shape index (κ3) is 3.78. The molecule has 3 heterocycles. The van der Waals surface area contributed by atoms with E-state index in [1.165, 1.54) is 6.33 Å². The van der Waals surface area contributed by atoms with Crippen molar-refractivity contribution in [3.63, 3.8) is 0 Å². The number of benzene rings is 1. The summed E-state index contributed by atoms with van der Waals surface area (Å²) in [5.74, 6) is 1.03. The van der Waals surface area contributed by atoms with Crippen LogP contribution in [0.3, 0.4) is 0 Å². The Hall–Kier alpha value is -3.27. The summed E-state index contributed by atoms with van der Waals surface area (Å²) in [5, 5.41) is 36.2. The lowest BCUT2D eigenvalue weighted by molar-refractivity contribution is 0.00542. The van der Waals surface area contributed by atoms with E-state index in [-0.39, 0.29) is 18.6 Å². The largest absolute Gasteiger partial charge is 0.392 e. The van der Waals surface area contributed by atoms with Crippen LogP contribution < -0.4 is 11.1 Å². The molecule has 4 atom stereocenters. The van der Waals surface area contributed by atoms with Gasteiger partial charge in [0.2, 0.25) is 0 Å². The maximum Gasteiger partial charge on any atom is 0.146 e. The molecule has 3 aromatic heterocycles. The smallest absolute Gasteiger partial charge is 0.146 e. The number of hydrogen-bond acceptors (Lipinski definition) is 8. The number of rotatable bonds is 6. The Bertz CT molecular complexity index is 1310. The molecule has 9 nitrogen and oxygen atoms in total. The second kappa shape index (κ2) is 8.58. The molecule has 6 N–H and O–H groups in total. The van der Waals surface area contributed by atoms with Crippen molar-refractivity contribution in [3.8, 4) is 0 Å². The normalized spacial score (nSPS) is 22.9. The number of anilines is 2. The molecule has 33 heavy (non-hydrogen) atoms. The summed E-state index contributed by atoms with van der Waals surface area (Å²) in [5.41, 5.74) is 9.25. The topological polar surface area (TPSA) is 142 Å². The molecule has 1 fully saturated rings. The van der Waals surface area contributed by atoms with Crippen LogP contribution in [0.4, 0.5) is 11.6 Å². The molecule has 0 bridgehead atoms. The Labute approximate surface area is 190 Å². The van der Waals surface area contributed by atoms with Crippen molar-refractivity contribution in [2.75, 3.05) is 18.1 Å². The number of nitrogens with one attached hydrogen (secondary N) is 1. The minimum atomic E-state index is -0.940. The Morgan fingerprint density at radius 2 is 1.97 bits per heavy atom. The highest BCUT2D eigenvalue weighted by Gasteiger charge is 2.42. The van der Waals surface area contributed by atoms with Crippen molar-refractivity contribution in [2.24, 2.45) is 5.92 Å². The Kier molecular flexibility index (Phi) is 5.61. The molecule has 1 aliphatic rings. The summed E-state index contributed by atoms with van der Waals surface area (Å²) in [4.78, 5) is 13.0. The van der Waals surface area contributed by atoms with E-state index >= 15 is 0 Å². The second-order valence-corrected chi connectivity index (χ2v) is 8.73. The standard InChI is InChI=1S/C24H28N6O3/c1-26-19-7-6-14-4-2-13(8-17(14)29-19)3-5-15-9-18(22(33)21(15)32)30-10-16(11-31)20-23(25)27-12-28-24(20)30/h2,4,6-8,10,12,15,18,21-22,31-33H,3,5,9,11H2,1H3,(H,26,29)(H2,25,27,28)/t15-,18+,21+,22-/m0/s1. The first-order valence-corrected chi connectivity index (χ1v) is 11.1. The van der Waals surface area contributed by atoms with Crippen LogP contribution in [0.1, 0.15) is 30.0 Å². The fourth-order valence-electron chi connectivity index (χ4n) is 5.03. The molecule has 1 aliphatic carbocycles. The molecule has 9 heteroatoms. The van der Waals surface area contributed by atoms with Crippen LogP contribution in [0.2, 0.25) is 0 Å². The molecule has 0 unspecified atom stereocenters. The minimum absolute atomic E-state index is 0.0773. The number of aryl methyl sites for hydroxylation is 1. The first-order valence-electron chi connectivity index (χ1n) is 11.1. The van der Waals surface area contributed by atoms with E-state index in [1.54, 1.807) is 6.20 Å². The average Bonchev–Trinajstić information content (AvgIpc) is 3.35. The van der Waals surface area contributed by atoms with Crippen molar-refractivity contribution < 1.29 is 15.3 Å². The molecule has 5 rings (SSSR count). The molecule has 0 amide bonds. The Morgan fingerprint density at radius 1 is 1.15 bits per heavy atom. The summed E-state index contributed by atoms with van der Waals surface area (Å²) < 4.78 is 1.83. The third-order valence-corrected chi connectivity index (χ3v) is 6.83. The van der Waals surface area contributed by atoms with Crippen molar-refractivity contribution in [1.29, 1.82) is 0 Å². The van der Waals surface area contributed by atoms with E-state index in [4.69, 9.17) is 5.73 Å². The van der Waals surface area contributed by atoms with Crippen molar-refractivity contribution >= 4 is 33.6 Å². The zero-order valence-corrected chi connectivity index (χ0v) is 18.4. The van der Waals surface area contributed by atoms with Gasteiger partial charge in [-0.15, -0.1) is 0 Å². The van der Waals surface area contributed by atoms with Gasteiger partial charge in [0.15, 0.2) is 0 Å². The maximum absolute atomic E-state index is 10.9. The van der Waals surface area contributed by atoms with E-state index < -0.39 is 12.2 Å². The van der Waals surface area contributed by atoms with Crippen LogP contribution in [0.5, 0.6) is 0 Å². The molecule has 0 aliphatic heterocycles. The molecule has 0 radical (unpaired) electrons. The number of nitrogen functional groups attached to an aromatic ring is 1. The van der Waals surface area contributed by atoms with Crippen LogP contribution in [-0.2, 0) is 13.0 Å².